The van der Waals surface area contributed by atoms with Gasteiger partial charge < -0.3 is 19.1 Å². The van der Waals surface area contributed by atoms with Crippen molar-refractivity contribution < 1.29 is 23.8 Å². The van der Waals surface area contributed by atoms with E-state index in [0.29, 0.717) is 19.7 Å². The summed E-state index contributed by atoms with van der Waals surface area (Å²) in [5, 5.41) is 0. The summed E-state index contributed by atoms with van der Waals surface area (Å²) in [4.78, 5) is 24.8. The Kier molecular flexibility index (Phi) is 5.61. The molecule has 0 aromatic carbocycles. The first-order chi connectivity index (χ1) is 9.46. The third kappa shape index (κ3) is 7.32. The Bertz CT molecular complexity index is 375. The van der Waals surface area contributed by atoms with Gasteiger partial charge in [-0.2, -0.15) is 0 Å². The maximum atomic E-state index is 11.7. The van der Waals surface area contributed by atoms with Gasteiger partial charge in [0.05, 0.1) is 6.61 Å². The molecule has 0 bridgehead atoms. The summed E-state index contributed by atoms with van der Waals surface area (Å²) in [5.74, 6) is -0.120. The number of hydrogen-bond acceptors (Lipinski definition) is 5. The molecule has 0 atom stereocenters. The summed E-state index contributed by atoms with van der Waals surface area (Å²) >= 11 is 0. The molecule has 1 heterocycles. The summed E-state index contributed by atoms with van der Waals surface area (Å²) in [5.41, 5.74) is -0.972. The largest absolute Gasteiger partial charge is 0.458 e. The van der Waals surface area contributed by atoms with Crippen molar-refractivity contribution in [1.82, 2.24) is 4.90 Å². The van der Waals surface area contributed by atoms with Crippen molar-refractivity contribution in [2.45, 2.75) is 52.7 Å². The molecule has 1 aliphatic rings. The fourth-order valence-electron chi connectivity index (χ4n) is 1.83. The highest BCUT2D eigenvalue weighted by Gasteiger charge is 2.33. The average molecular weight is 301 g/mol. The molecule has 0 aromatic heterocycles. The van der Waals surface area contributed by atoms with Gasteiger partial charge in [0.25, 0.3) is 0 Å². The Morgan fingerprint density at radius 1 is 1.00 bits per heavy atom. The zero-order valence-corrected chi connectivity index (χ0v) is 13.9. The Morgan fingerprint density at radius 2 is 1.52 bits per heavy atom. The molecule has 21 heavy (non-hydrogen) atoms. The number of hydrogen-bond donors (Lipinski definition) is 0. The van der Waals surface area contributed by atoms with Gasteiger partial charge in [-0.15, -0.1) is 0 Å². The van der Waals surface area contributed by atoms with Crippen LogP contribution >= 0.6 is 0 Å². The van der Waals surface area contributed by atoms with Crippen LogP contribution in [0.2, 0.25) is 0 Å². The molecule has 0 saturated carbocycles. The van der Waals surface area contributed by atoms with Crippen LogP contribution in [0.5, 0.6) is 0 Å². The molecular formula is C15H27NO5. The van der Waals surface area contributed by atoms with E-state index in [1.807, 2.05) is 41.5 Å². The van der Waals surface area contributed by atoms with Gasteiger partial charge in [-0.1, -0.05) is 0 Å². The van der Waals surface area contributed by atoms with Crippen LogP contribution in [0.4, 0.5) is 4.79 Å². The fourth-order valence-corrected chi connectivity index (χ4v) is 1.83. The molecule has 1 saturated heterocycles. The molecule has 0 N–H and O–H groups in total. The monoisotopic (exact) mass is 301 g/mol. The number of ether oxygens (including phenoxy) is 3. The lowest BCUT2D eigenvalue weighted by Gasteiger charge is -2.39. The highest BCUT2D eigenvalue weighted by Crippen LogP contribution is 2.19. The van der Waals surface area contributed by atoms with Crippen LogP contribution in [0.15, 0.2) is 0 Å². The van der Waals surface area contributed by atoms with Crippen molar-refractivity contribution in [2.24, 2.45) is 5.92 Å². The minimum atomic E-state index is -0.496. The van der Waals surface area contributed by atoms with E-state index in [1.165, 1.54) is 0 Å². The highest BCUT2D eigenvalue weighted by molar-refractivity contribution is 5.71. The van der Waals surface area contributed by atoms with Gasteiger partial charge in [0.1, 0.15) is 17.8 Å². The molecule has 1 rings (SSSR count). The van der Waals surface area contributed by atoms with Gasteiger partial charge in [-0.25, -0.2) is 9.59 Å². The van der Waals surface area contributed by atoms with Crippen molar-refractivity contribution >= 4 is 12.1 Å². The van der Waals surface area contributed by atoms with Crippen LogP contribution in [0.3, 0.4) is 0 Å². The molecular weight excluding hydrogens is 274 g/mol. The molecule has 1 fully saturated rings. The van der Waals surface area contributed by atoms with Crippen LogP contribution in [0.25, 0.3) is 0 Å². The smallest absolute Gasteiger partial charge is 0.410 e. The maximum absolute atomic E-state index is 11.7. The molecule has 122 valence electrons. The second-order valence-corrected chi connectivity index (χ2v) is 7.35. The lowest BCUT2D eigenvalue weighted by molar-refractivity contribution is -0.161. The number of carbonyl (C=O) groups excluding carboxylic acids is 2. The number of carbonyl (C=O) groups is 2. The Morgan fingerprint density at radius 3 is 2.00 bits per heavy atom. The van der Waals surface area contributed by atoms with Crippen LogP contribution in [0, 0.1) is 5.92 Å². The van der Waals surface area contributed by atoms with Gasteiger partial charge in [0, 0.05) is 19.0 Å². The van der Waals surface area contributed by atoms with Crippen LogP contribution in [-0.2, 0) is 19.0 Å². The highest BCUT2D eigenvalue weighted by atomic mass is 16.6. The molecule has 6 nitrogen and oxygen atoms in total. The normalized spacial score (nSPS) is 16.4. The van der Waals surface area contributed by atoms with Crippen molar-refractivity contribution in [1.29, 1.82) is 0 Å². The number of esters is 1. The summed E-state index contributed by atoms with van der Waals surface area (Å²) in [6, 6.07) is 0. The van der Waals surface area contributed by atoms with Crippen molar-refractivity contribution in [3.05, 3.63) is 0 Å². The average Bonchev–Trinajstić information content (AvgIpc) is 2.15. The summed E-state index contributed by atoms with van der Waals surface area (Å²) in [6.07, 6.45) is -0.300. The van der Waals surface area contributed by atoms with E-state index >= 15 is 0 Å². The van der Waals surface area contributed by atoms with Gasteiger partial charge in [-0.3, -0.25) is 0 Å². The van der Waals surface area contributed by atoms with E-state index in [1.54, 1.807) is 4.90 Å². The first-order valence-corrected chi connectivity index (χ1v) is 7.24. The summed E-state index contributed by atoms with van der Waals surface area (Å²) in [7, 11) is 0. The Hall–Kier alpha value is -1.30. The number of likely N-dealkylation sites (tertiary alicyclic amines) is 1. The summed E-state index contributed by atoms with van der Waals surface area (Å²) in [6.45, 7) is 12.6. The van der Waals surface area contributed by atoms with E-state index in [2.05, 4.69) is 0 Å². The quantitative estimate of drug-likeness (QED) is 0.745. The molecule has 0 aliphatic carbocycles. The standard InChI is InChI=1S/C15H27NO5/c1-14(2,3)20-12(17)10-19-9-11-7-16(8-11)13(18)21-15(4,5)6/h11H,7-10H2,1-6H3. The maximum Gasteiger partial charge on any atom is 0.410 e. The Balaban J connectivity index is 2.13. The first kappa shape index (κ1) is 17.8. The van der Waals surface area contributed by atoms with Gasteiger partial charge >= 0.3 is 12.1 Å². The summed E-state index contributed by atoms with van der Waals surface area (Å²) < 4.78 is 15.7. The molecule has 0 unspecified atom stereocenters. The molecule has 0 spiro atoms. The van der Waals surface area contributed by atoms with E-state index < -0.39 is 11.2 Å². The Labute approximate surface area is 126 Å². The van der Waals surface area contributed by atoms with Gasteiger partial charge in [0.15, 0.2) is 0 Å². The molecule has 1 amide bonds. The van der Waals surface area contributed by atoms with E-state index in [9.17, 15) is 9.59 Å². The molecule has 0 aromatic rings. The topological polar surface area (TPSA) is 65.1 Å². The predicted octanol–water partition coefficient (Wildman–Crippen LogP) is 2.21. The van der Waals surface area contributed by atoms with E-state index in [0.717, 1.165) is 0 Å². The first-order valence-electron chi connectivity index (χ1n) is 7.24. The molecule has 0 radical (unpaired) electrons. The fraction of sp³-hybridized carbons (Fsp3) is 0.867. The lowest BCUT2D eigenvalue weighted by atomic mass is 10.0. The molecule has 6 heteroatoms. The van der Waals surface area contributed by atoms with Crippen LogP contribution in [-0.4, -0.2) is 54.5 Å². The lowest BCUT2D eigenvalue weighted by Crippen LogP contribution is -2.53. The minimum Gasteiger partial charge on any atom is -0.458 e. The van der Waals surface area contributed by atoms with Crippen molar-refractivity contribution in [3.63, 3.8) is 0 Å². The third-order valence-corrected chi connectivity index (χ3v) is 2.60. The minimum absolute atomic E-state index is 0.0553. The second-order valence-electron chi connectivity index (χ2n) is 7.35. The van der Waals surface area contributed by atoms with Crippen molar-refractivity contribution in [3.8, 4) is 0 Å². The molecule has 1 aliphatic heterocycles. The number of amides is 1. The SMILES string of the molecule is CC(C)(C)OC(=O)COCC1CN(C(=O)OC(C)(C)C)C1. The van der Waals surface area contributed by atoms with Crippen molar-refractivity contribution in [2.75, 3.05) is 26.3 Å². The van der Waals surface area contributed by atoms with Gasteiger partial charge in [-0.05, 0) is 41.5 Å². The second kappa shape index (κ2) is 6.64. The third-order valence-electron chi connectivity index (χ3n) is 2.60. The zero-order valence-electron chi connectivity index (χ0n) is 13.9. The van der Waals surface area contributed by atoms with E-state index in [4.69, 9.17) is 14.2 Å². The number of rotatable bonds is 4. The van der Waals surface area contributed by atoms with Gasteiger partial charge in [0.2, 0.25) is 0 Å². The predicted molar refractivity (Wildman–Crippen MR) is 78.0 cm³/mol. The van der Waals surface area contributed by atoms with E-state index in [-0.39, 0.29) is 24.6 Å². The zero-order chi connectivity index (χ0) is 16.3. The number of nitrogens with zero attached hydrogens (tertiary/aromatic N) is 1. The van der Waals surface area contributed by atoms with Crippen LogP contribution in [0.1, 0.15) is 41.5 Å². The van der Waals surface area contributed by atoms with Crippen LogP contribution < -0.4 is 0 Å².